The first-order valence-corrected chi connectivity index (χ1v) is 11.7. The van der Waals surface area contributed by atoms with Crippen LogP contribution in [0.2, 0.25) is 0 Å². The lowest BCUT2D eigenvalue weighted by atomic mass is 9.96. The van der Waals surface area contributed by atoms with Crippen LogP contribution in [0.1, 0.15) is 11.6 Å². The number of ether oxygens (including phenoxy) is 1. The zero-order chi connectivity index (χ0) is 23.8. The summed E-state index contributed by atoms with van der Waals surface area (Å²) in [6, 6.07) is 13.0. The second kappa shape index (κ2) is 9.12. The smallest absolute Gasteiger partial charge is 0.296 e. The Kier molecular flexibility index (Phi) is 6.02. The van der Waals surface area contributed by atoms with Gasteiger partial charge < -0.3 is 9.84 Å². The van der Waals surface area contributed by atoms with Gasteiger partial charge >= 0.3 is 0 Å². The number of ketones is 1. The maximum absolute atomic E-state index is 13.6. The van der Waals surface area contributed by atoms with Crippen LogP contribution in [-0.2, 0) is 9.59 Å². The summed E-state index contributed by atoms with van der Waals surface area (Å²) in [7, 11) is 0. The van der Waals surface area contributed by atoms with Crippen LogP contribution < -0.4 is 4.74 Å². The number of aliphatic hydroxyl groups excluding tert-OH is 1. The van der Waals surface area contributed by atoms with Crippen LogP contribution in [0.15, 0.2) is 94.2 Å². The zero-order valence-corrected chi connectivity index (χ0v) is 19.2. The Morgan fingerprint density at radius 2 is 1.91 bits per heavy atom. The molecule has 0 radical (unpaired) electrons. The van der Waals surface area contributed by atoms with Crippen LogP contribution in [0.25, 0.3) is 0 Å². The number of Topliss-reactive ketones (excluding diaryl/α,β-unsaturated/α-hetero) is 1. The number of para-hydroxylation sites is 1. The van der Waals surface area contributed by atoms with Crippen molar-refractivity contribution in [3.63, 3.8) is 0 Å². The molecule has 9 heteroatoms. The number of nitrogens with zero attached hydrogens (tertiary/aromatic N) is 2. The summed E-state index contributed by atoms with van der Waals surface area (Å²) >= 11 is 7.43. The first kappa shape index (κ1) is 22.4. The van der Waals surface area contributed by atoms with Gasteiger partial charge in [-0.05, 0) is 42.0 Å². The highest BCUT2D eigenvalue weighted by Gasteiger charge is 2.48. The number of carbonyl (C=O) groups is 2. The van der Waals surface area contributed by atoms with Crippen LogP contribution in [-0.4, -0.2) is 44.8 Å². The third-order valence-corrected chi connectivity index (χ3v) is 7.08. The second-order valence-corrected chi connectivity index (χ2v) is 9.39. The van der Waals surface area contributed by atoms with Crippen molar-refractivity contribution in [3.8, 4) is 5.75 Å². The van der Waals surface area contributed by atoms with Crippen molar-refractivity contribution in [3.05, 3.63) is 101 Å². The van der Waals surface area contributed by atoms with E-state index in [1.165, 1.54) is 40.9 Å². The molecule has 0 spiro atoms. The maximum atomic E-state index is 13.6. The number of rotatable bonds is 5. The highest BCUT2D eigenvalue weighted by molar-refractivity contribution is 8.14. The molecule has 3 aliphatic rings. The summed E-state index contributed by atoms with van der Waals surface area (Å²) < 4.78 is 19.2. The van der Waals surface area contributed by atoms with Crippen LogP contribution >= 0.6 is 23.4 Å². The molecule has 1 amide bonds. The molecule has 2 aliphatic heterocycles. The monoisotopic (exact) mass is 496 g/mol. The molecule has 34 heavy (non-hydrogen) atoms. The number of fused-ring (bicyclic) bond motifs is 1. The van der Waals surface area contributed by atoms with Crippen molar-refractivity contribution < 1.29 is 23.8 Å². The fraction of sp³-hybridized carbons (Fsp3) is 0.160. The first-order valence-electron chi connectivity index (χ1n) is 10.5. The van der Waals surface area contributed by atoms with Crippen molar-refractivity contribution in [2.45, 2.75) is 17.3 Å². The Hall–Kier alpha value is -3.36. The molecule has 2 heterocycles. The van der Waals surface area contributed by atoms with Gasteiger partial charge in [-0.1, -0.05) is 59.8 Å². The van der Waals surface area contributed by atoms with E-state index in [2.05, 4.69) is 4.99 Å². The third-order valence-electron chi connectivity index (χ3n) is 5.63. The van der Waals surface area contributed by atoms with E-state index in [9.17, 15) is 19.1 Å². The number of halogens is 2. The van der Waals surface area contributed by atoms with Crippen LogP contribution in [0, 0.1) is 5.82 Å². The SMILES string of the molecule is O=C(COc1ccccc1)C1=C(O)C(=O)N(C2=NC3C=CC(Cl)=CC3S2)C1c1ccc(F)cc1. The van der Waals surface area contributed by atoms with Gasteiger partial charge in [-0.15, -0.1) is 0 Å². The Bertz CT molecular complexity index is 1270. The largest absolute Gasteiger partial charge is 0.503 e. The first-order chi connectivity index (χ1) is 16.4. The van der Waals surface area contributed by atoms with Gasteiger partial charge in [-0.3, -0.25) is 19.5 Å². The van der Waals surface area contributed by atoms with E-state index in [-0.39, 0.29) is 23.5 Å². The molecule has 1 aliphatic carbocycles. The Labute approximate surface area is 204 Å². The normalized spacial score (nSPS) is 23.6. The van der Waals surface area contributed by atoms with Crippen molar-refractivity contribution in [2.75, 3.05) is 6.61 Å². The molecule has 6 nitrogen and oxygen atoms in total. The maximum Gasteiger partial charge on any atom is 0.296 e. The molecule has 3 atom stereocenters. The summed E-state index contributed by atoms with van der Waals surface area (Å²) in [5.74, 6) is -1.96. The number of carbonyl (C=O) groups excluding carboxylic acids is 2. The quantitative estimate of drug-likeness (QED) is 0.649. The third kappa shape index (κ3) is 4.15. The minimum absolute atomic E-state index is 0.113. The van der Waals surface area contributed by atoms with Crippen LogP contribution in [0.5, 0.6) is 5.75 Å². The highest BCUT2D eigenvalue weighted by atomic mass is 35.5. The number of hydrogen-bond donors (Lipinski definition) is 1. The highest BCUT2D eigenvalue weighted by Crippen LogP contribution is 2.43. The number of amides is 1. The molecule has 0 fully saturated rings. The van der Waals surface area contributed by atoms with E-state index >= 15 is 0 Å². The van der Waals surface area contributed by atoms with Crippen molar-refractivity contribution in [1.82, 2.24) is 4.90 Å². The number of amidine groups is 1. The van der Waals surface area contributed by atoms with E-state index in [4.69, 9.17) is 16.3 Å². The van der Waals surface area contributed by atoms with Gasteiger partial charge in [0.1, 0.15) is 11.6 Å². The van der Waals surface area contributed by atoms with Gasteiger partial charge in [-0.2, -0.15) is 0 Å². The molecule has 3 unspecified atom stereocenters. The standard InChI is InChI=1S/C25H18ClFN2O4S/c26-15-8-11-18-20(12-15)34-25(28-18)29-22(14-6-9-16(27)10-7-14)21(23(31)24(29)32)19(30)13-33-17-4-2-1-3-5-17/h1-12,18,20,22,31H,13H2. The number of benzene rings is 2. The summed E-state index contributed by atoms with van der Waals surface area (Å²) in [6.07, 6.45) is 5.42. The molecule has 172 valence electrons. The lowest BCUT2D eigenvalue weighted by Crippen LogP contribution is -2.35. The lowest BCUT2D eigenvalue weighted by molar-refractivity contribution is -0.125. The topological polar surface area (TPSA) is 79.2 Å². The van der Waals surface area contributed by atoms with Crippen molar-refractivity contribution in [2.24, 2.45) is 4.99 Å². The average Bonchev–Trinajstić information content (AvgIpc) is 3.36. The molecular weight excluding hydrogens is 479 g/mol. The second-order valence-electron chi connectivity index (χ2n) is 7.81. The molecule has 1 N–H and O–H groups in total. The molecule has 2 aromatic carbocycles. The minimum Gasteiger partial charge on any atom is -0.503 e. The van der Waals surface area contributed by atoms with Gasteiger partial charge in [0, 0.05) is 5.03 Å². The fourth-order valence-electron chi connectivity index (χ4n) is 4.02. The number of allylic oxidation sites excluding steroid dienone is 2. The van der Waals surface area contributed by atoms with E-state index in [0.29, 0.717) is 21.5 Å². The van der Waals surface area contributed by atoms with Gasteiger partial charge in [0.05, 0.1) is 22.9 Å². The van der Waals surface area contributed by atoms with E-state index in [1.54, 1.807) is 30.3 Å². The van der Waals surface area contributed by atoms with Gasteiger partial charge in [0.15, 0.2) is 17.5 Å². The van der Waals surface area contributed by atoms with Crippen LogP contribution in [0.4, 0.5) is 4.39 Å². The fourth-order valence-corrected chi connectivity index (χ4v) is 5.54. The summed E-state index contributed by atoms with van der Waals surface area (Å²) in [4.78, 5) is 32.3. The molecule has 5 rings (SSSR count). The van der Waals surface area contributed by atoms with E-state index in [0.717, 1.165) is 0 Å². The predicted octanol–water partition coefficient (Wildman–Crippen LogP) is 4.70. The molecular formula is C25H18ClFN2O4S. The average molecular weight is 497 g/mol. The zero-order valence-electron chi connectivity index (χ0n) is 17.6. The summed E-state index contributed by atoms with van der Waals surface area (Å²) in [5, 5.41) is 11.6. The summed E-state index contributed by atoms with van der Waals surface area (Å²) in [6.45, 7) is -0.381. The molecule has 0 aromatic heterocycles. The molecule has 0 bridgehead atoms. The molecule has 0 saturated heterocycles. The Morgan fingerprint density at radius 3 is 2.65 bits per heavy atom. The number of aliphatic imine (C=N–C) groups is 1. The molecule has 2 aromatic rings. The minimum atomic E-state index is -0.977. The van der Waals surface area contributed by atoms with Gasteiger partial charge in [0.2, 0.25) is 5.78 Å². The Morgan fingerprint density at radius 1 is 1.18 bits per heavy atom. The number of thioether (sulfide) groups is 1. The number of aliphatic hydroxyl groups is 1. The Balaban J connectivity index is 1.49. The van der Waals surface area contributed by atoms with Crippen LogP contribution in [0.3, 0.4) is 0 Å². The number of hydrogen-bond acceptors (Lipinski definition) is 6. The van der Waals surface area contributed by atoms with Crippen molar-refractivity contribution >= 4 is 40.2 Å². The molecule has 0 saturated carbocycles. The van der Waals surface area contributed by atoms with E-state index in [1.807, 2.05) is 18.2 Å². The van der Waals surface area contributed by atoms with Gasteiger partial charge in [-0.25, -0.2) is 4.39 Å². The summed E-state index contributed by atoms with van der Waals surface area (Å²) in [5.41, 5.74) is 0.346. The van der Waals surface area contributed by atoms with E-state index < -0.39 is 29.3 Å². The van der Waals surface area contributed by atoms with Crippen molar-refractivity contribution in [1.29, 1.82) is 0 Å². The van der Waals surface area contributed by atoms with Gasteiger partial charge in [0.25, 0.3) is 5.91 Å². The predicted molar refractivity (Wildman–Crippen MR) is 128 cm³/mol. The lowest BCUT2D eigenvalue weighted by Gasteiger charge is -2.26.